The van der Waals surface area contributed by atoms with Crippen molar-refractivity contribution in [3.63, 3.8) is 0 Å². The van der Waals surface area contributed by atoms with Crippen LogP contribution in [0.25, 0.3) is 0 Å². The van der Waals surface area contributed by atoms with Crippen molar-refractivity contribution in [3.05, 3.63) is 27.1 Å². The lowest BCUT2D eigenvalue weighted by molar-refractivity contribution is -0.116. The molecule has 3 nitrogen and oxygen atoms in total. The molecule has 1 aromatic rings. The highest BCUT2D eigenvalue weighted by Gasteiger charge is 2.05. The molecular formula is C11H14Br2N2O. The van der Waals surface area contributed by atoms with Crippen molar-refractivity contribution < 1.29 is 4.79 Å². The van der Waals surface area contributed by atoms with E-state index in [1.807, 2.05) is 25.1 Å². The van der Waals surface area contributed by atoms with E-state index in [1.54, 1.807) is 0 Å². The summed E-state index contributed by atoms with van der Waals surface area (Å²) in [5.41, 5.74) is 0.796. The first kappa shape index (κ1) is 13.7. The van der Waals surface area contributed by atoms with Gasteiger partial charge in [-0.15, -0.1) is 0 Å². The normalized spacial score (nSPS) is 10.2. The van der Waals surface area contributed by atoms with E-state index < -0.39 is 0 Å². The summed E-state index contributed by atoms with van der Waals surface area (Å²) in [6.45, 7) is 3.61. The maximum Gasteiger partial charge on any atom is 0.225 e. The average molecular weight is 350 g/mol. The Morgan fingerprint density at radius 3 is 2.75 bits per heavy atom. The summed E-state index contributed by atoms with van der Waals surface area (Å²) in [5, 5.41) is 5.96. The number of nitrogens with one attached hydrogen (secondary N) is 2. The van der Waals surface area contributed by atoms with Gasteiger partial charge in [0.15, 0.2) is 0 Å². The van der Waals surface area contributed by atoms with E-state index in [2.05, 4.69) is 42.5 Å². The van der Waals surface area contributed by atoms with Crippen LogP contribution in [-0.4, -0.2) is 19.0 Å². The molecular weight excluding hydrogens is 336 g/mol. The Labute approximate surface area is 112 Å². The molecule has 2 N–H and O–H groups in total. The largest absolute Gasteiger partial charge is 0.325 e. The fourth-order valence-corrected chi connectivity index (χ4v) is 2.33. The highest BCUT2D eigenvalue weighted by Crippen LogP contribution is 2.26. The van der Waals surface area contributed by atoms with Crippen molar-refractivity contribution in [3.8, 4) is 0 Å². The molecule has 0 saturated carbocycles. The van der Waals surface area contributed by atoms with Gasteiger partial charge in [-0.2, -0.15) is 0 Å². The monoisotopic (exact) mass is 348 g/mol. The summed E-state index contributed by atoms with van der Waals surface area (Å²) in [6, 6.07) is 5.66. The Kier molecular flexibility index (Phi) is 6.01. The summed E-state index contributed by atoms with van der Waals surface area (Å²) in [4.78, 5) is 11.5. The van der Waals surface area contributed by atoms with Crippen molar-refractivity contribution in [2.24, 2.45) is 0 Å². The van der Waals surface area contributed by atoms with Gasteiger partial charge in [0.2, 0.25) is 5.91 Å². The van der Waals surface area contributed by atoms with Gasteiger partial charge in [-0.3, -0.25) is 4.79 Å². The van der Waals surface area contributed by atoms with Crippen molar-refractivity contribution in [1.82, 2.24) is 5.32 Å². The summed E-state index contributed by atoms with van der Waals surface area (Å²) in [6.07, 6.45) is 0.482. The van der Waals surface area contributed by atoms with Gasteiger partial charge in [0.05, 0.1) is 5.69 Å². The second-order valence-corrected chi connectivity index (χ2v) is 5.05. The van der Waals surface area contributed by atoms with Crippen LogP contribution in [0.5, 0.6) is 0 Å². The third-order valence-electron chi connectivity index (χ3n) is 1.98. The van der Waals surface area contributed by atoms with E-state index in [1.165, 1.54) is 0 Å². The van der Waals surface area contributed by atoms with Gasteiger partial charge >= 0.3 is 0 Å². The van der Waals surface area contributed by atoms with Crippen molar-refractivity contribution in [2.75, 3.05) is 18.4 Å². The SMILES string of the molecule is CCNCCC(=O)Nc1ccc(Br)cc1Br. The van der Waals surface area contributed by atoms with E-state index >= 15 is 0 Å². The Hall–Kier alpha value is -0.390. The smallest absolute Gasteiger partial charge is 0.225 e. The molecule has 0 radical (unpaired) electrons. The minimum atomic E-state index is 0.0176. The van der Waals surface area contributed by atoms with E-state index in [4.69, 9.17) is 0 Å². The maximum absolute atomic E-state index is 11.5. The molecule has 1 rings (SSSR count). The number of anilines is 1. The fraction of sp³-hybridized carbons (Fsp3) is 0.364. The van der Waals surface area contributed by atoms with Crippen molar-refractivity contribution in [2.45, 2.75) is 13.3 Å². The number of halogens is 2. The molecule has 0 aliphatic carbocycles. The Morgan fingerprint density at radius 2 is 2.12 bits per heavy atom. The van der Waals surface area contributed by atoms with Gasteiger partial charge in [-0.25, -0.2) is 0 Å². The van der Waals surface area contributed by atoms with Gasteiger partial charge in [0.25, 0.3) is 0 Å². The molecule has 88 valence electrons. The number of carbonyl (C=O) groups is 1. The molecule has 0 saturated heterocycles. The van der Waals surface area contributed by atoms with E-state index in [0.29, 0.717) is 13.0 Å². The summed E-state index contributed by atoms with van der Waals surface area (Å²) in [7, 11) is 0. The number of hydrogen-bond donors (Lipinski definition) is 2. The first-order valence-electron chi connectivity index (χ1n) is 5.09. The van der Waals surface area contributed by atoms with Crippen LogP contribution >= 0.6 is 31.9 Å². The Morgan fingerprint density at radius 1 is 1.38 bits per heavy atom. The van der Waals surface area contributed by atoms with Crippen molar-refractivity contribution >= 4 is 43.5 Å². The third kappa shape index (κ3) is 4.63. The van der Waals surface area contributed by atoms with Gasteiger partial charge < -0.3 is 10.6 Å². The highest BCUT2D eigenvalue weighted by atomic mass is 79.9. The molecule has 0 fully saturated rings. The molecule has 0 spiro atoms. The predicted octanol–water partition coefficient (Wildman–Crippen LogP) is 3.15. The number of hydrogen-bond acceptors (Lipinski definition) is 2. The molecule has 16 heavy (non-hydrogen) atoms. The molecule has 0 aliphatic heterocycles. The second kappa shape index (κ2) is 7.04. The summed E-state index contributed by atoms with van der Waals surface area (Å²) >= 11 is 6.76. The van der Waals surface area contributed by atoms with Crippen LogP contribution in [0.2, 0.25) is 0 Å². The maximum atomic E-state index is 11.5. The molecule has 1 amide bonds. The third-order valence-corrected chi connectivity index (χ3v) is 3.13. The first-order valence-corrected chi connectivity index (χ1v) is 6.67. The lowest BCUT2D eigenvalue weighted by Gasteiger charge is -2.07. The fourth-order valence-electron chi connectivity index (χ4n) is 1.18. The zero-order valence-corrected chi connectivity index (χ0v) is 12.2. The zero-order chi connectivity index (χ0) is 12.0. The van der Waals surface area contributed by atoms with Crippen molar-refractivity contribution in [1.29, 1.82) is 0 Å². The molecule has 0 bridgehead atoms. The minimum absolute atomic E-state index is 0.0176. The second-order valence-electron chi connectivity index (χ2n) is 3.28. The van der Waals surface area contributed by atoms with Gasteiger partial charge in [-0.1, -0.05) is 22.9 Å². The van der Waals surface area contributed by atoms with E-state index in [9.17, 15) is 4.79 Å². The molecule has 0 unspecified atom stereocenters. The highest BCUT2D eigenvalue weighted by molar-refractivity contribution is 9.11. The van der Waals surface area contributed by atoms with Gasteiger partial charge in [0, 0.05) is 21.9 Å². The average Bonchev–Trinajstić information content (AvgIpc) is 2.23. The summed E-state index contributed by atoms with van der Waals surface area (Å²) < 4.78 is 1.85. The van der Waals surface area contributed by atoms with E-state index in [0.717, 1.165) is 21.2 Å². The number of amides is 1. The van der Waals surface area contributed by atoms with Crippen LogP contribution in [0.3, 0.4) is 0 Å². The summed E-state index contributed by atoms with van der Waals surface area (Å²) in [5.74, 6) is 0.0176. The first-order chi connectivity index (χ1) is 7.63. The zero-order valence-electron chi connectivity index (χ0n) is 9.02. The van der Waals surface area contributed by atoms with Crippen LogP contribution in [0.15, 0.2) is 27.1 Å². The van der Waals surface area contributed by atoms with Crippen LogP contribution in [-0.2, 0) is 4.79 Å². The van der Waals surface area contributed by atoms with Crippen LogP contribution in [0.4, 0.5) is 5.69 Å². The number of rotatable bonds is 5. The number of carbonyl (C=O) groups excluding carboxylic acids is 1. The Balaban J connectivity index is 2.49. The lowest BCUT2D eigenvalue weighted by atomic mass is 10.3. The Bertz CT molecular complexity index is 369. The van der Waals surface area contributed by atoms with Crippen LogP contribution in [0.1, 0.15) is 13.3 Å². The quantitative estimate of drug-likeness (QED) is 0.802. The predicted molar refractivity (Wildman–Crippen MR) is 73.6 cm³/mol. The van der Waals surface area contributed by atoms with Gasteiger partial charge in [-0.05, 0) is 40.7 Å². The topological polar surface area (TPSA) is 41.1 Å². The van der Waals surface area contributed by atoms with Gasteiger partial charge in [0.1, 0.15) is 0 Å². The molecule has 1 aromatic carbocycles. The molecule has 5 heteroatoms. The molecule has 0 aliphatic rings. The molecule has 0 aromatic heterocycles. The standard InChI is InChI=1S/C11H14Br2N2O/c1-2-14-6-5-11(16)15-10-4-3-8(12)7-9(10)13/h3-4,7,14H,2,5-6H2,1H3,(H,15,16). The van der Waals surface area contributed by atoms with E-state index in [-0.39, 0.29) is 5.91 Å². The minimum Gasteiger partial charge on any atom is -0.325 e. The van der Waals surface area contributed by atoms with Crippen LogP contribution < -0.4 is 10.6 Å². The lowest BCUT2D eigenvalue weighted by Crippen LogP contribution is -2.21. The molecule has 0 heterocycles. The van der Waals surface area contributed by atoms with Crippen LogP contribution in [0, 0.1) is 0 Å². The molecule has 0 atom stereocenters. The number of benzene rings is 1.